The van der Waals surface area contributed by atoms with Crippen LogP contribution in [0.3, 0.4) is 0 Å². The molecule has 0 bridgehead atoms. The summed E-state index contributed by atoms with van der Waals surface area (Å²) in [5.41, 5.74) is 3.90. The van der Waals surface area contributed by atoms with E-state index in [2.05, 4.69) is 13.2 Å². The summed E-state index contributed by atoms with van der Waals surface area (Å²) in [4.78, 5) is 0. The van der Waals surface area contributed by atoms with Crippen LogP contribution in [0.15, 0.2) is 24.6 Å². The zero-order valence-corrected chi connectivity index (χ0v) is 7.28. The first-order valence-electron chi connectivity index (χ1n) is 1.63. The van der Waals surface area contributed by atoms with Crippen LogP contribution in [-0.4, -0.2) is 9.52 Å². The minimum absolute atomic E-state index is 0. The summed E-state index contributed by atoms with van der Waals surface area (Å²) in [7, 11) is -0.0401. The van der Waals surface area contributed by atoms with Crippen molar-refractivity contribution in [1.29, 1.82) is 0 Å². The van der Waals surface area contributed by atoms with Gasteiger partial charge in [-0.3, -0.25) is 0 Å². The van der Waals surface area contributed by atoms with Crippen molar-refractivity contribution in [2.45, 2.75) is 0 Å². The van der Waals surface area contributed by atoms with E-state index in [-0.39, 0.29) is 30.6 Å². The summed E-state index contributed by atoms with van der Waals surface area (Å²) in [6.45, 7) is 7.08. The van der Waals surface area contributed by atoms with E-state index in [1.165, 1.54) is 0 Å². The van der Waals surface area contributed by atoms with Gasteiger partial charge >= 0.3 is 0 Å². The van der Waals surface area contributed by atoms with Crippen LogP contribution in [0.1, 0.15) is 0 Å². The number of hydrogen-bond acceptors (Lipinski definition) is 0. The van der Waals surface area contributed by atoms with E-state index >= 15 is 0 Å². The minimum atomic E-state index is -0.0401. The summed E-state index contributed by atoms with van der Waals surface area (Å²) < 4.78 is 0. The standard InChI is InChI=1S/C4H8Si.Pt/c1-3-5-4-2;/h3-4H,1-2,5H2;. The SMILES string of the molecule is C=C[SiH2]C=C.[Pt]. The molecule has 0 heterocycles. The number of hydrogen-bond donors (Lipinski definition) is 0. The Balaban J connectivity index is 0. The Morgan fingerprint density at radius 1 is 1.17 bits per heavy atom. The van der Waals surface area contributed by atoms with Crippen molar-refractivity contribution in [3.8, 4) is 0 Å². The van der Waals surface area contributed by atoms with Crippen LogP contribution in [-0.2, 0) is 21.1 Å². The molecule has 0 aromatic heterocycles. The van der Waals surface area contributed by atoms with E-state index in [0.29, 0.717) is 0 Å². The Hall–Kier alpha value is 0.385. The van der Waals surface area contributed by atoms with Gasteiger partial charge in [0.15, 0.2) is 0 Å². The monoisotopic (exact) mass is 279 g/mol. The van der Waals surface area contributed by atoms with E-state index in [1.54, 1.807) is 0 Å². The molecule has 0 rings (SSSR count). The van der Waals surface area contributed by atoms with Gasteiger partial charge in [0.1, 0.15) is 0 Å². The van der Waals surface area contributed by atoms with Crippen molar-refractivity contribution in [2.75, 3.05) is 0 Å². The van der Waals surface area contributed by atoms with Crippen LogP contribution in [0, 0.1) is 0 Å². The average molecular weight is 279 g/mol. The second-order valence-electron chi connectivity index (χ2n) is 0.813. The molecular weight excluding hydrogens is 271 g/mol. The predicted molar refractivity (Wildman–Crippen MR) is 28.9 cm³/mol. The molecule has 0 saturated carbocycles. The largest absolute Gasteiger partial charge is 0.107 e. The molecule has 0 aromatic carbocycles. The fraction of sp³-hybridized carbons (Fsp3) is 0. The second kappa shape index (κ2) is 9.04. The molecule has 0 spiro atoms. The Morgan fingerprint density at radius 3 is 1.50 bits per heavy atom. The van der Waals surface area contributed by atoms with Gasteiger partial charge in [-0.2, -0.15) is 0 Å². The Labute approximate surface area is 55.4 Å². The van der Waals surface area contributed by atoms with Gasteiger partial charge in [0.2, 0.25) is 0 Å². The third kappa shape index (κ3) is 8.83. The predicted octanol–water partition coefficient (Wildman–Crippen LogP) is 0.440. The molecule has 6 heavy (non-hydrogen) atoms. The Morgan fingerprint density at radius 2 is 1.50 bits per heavy atom. The van der Waals surface area contributed by atoms with Crippen LogP contribution < -0.4 is 0 Å². The molecule has 38 valence electrons. The van der Waals surface area contributed by atoms with E-state index in [0.717, 1.165) is 0 Å². The van der Waals surface area contributed by atoms with Gasteiger partial charge in [-0.05, 0) is 0 Å². The fourth-order valence-corrected chi connectivity index (χ4v) is 0.354. The molecule has 0 nitrogen and oxygen atoms in total. The zero-order valence-electron chi connectivity index (χ0n) is 3.59. The summed E-state index contributed by atoms with van der Waals surface area (Å²) in [5.74, 6) is 0. The van der Waals surface area contributed by atoms with Crippen molar-refractivity contribution in [1.82, 2.24) is 0 Å². The van der Waals surface area contributed by atoms with Crippen LogP contribution in [0.25, 0.3) is 0 Å². The van der Waals surface area contributed by atoms with E-state index in [9.17, 15) is 0 Å². The van der Waals surface area contributed by atoms with Crippen LogP contribution in [0.2, 0.25) is 0 Å². The van der Waals surface area contributed by atoms with Gasteiger partial charge < -0.3 is 0 Å². The molecule has 0 N–H and O–H groups in total. The van der Waals surface area contributed by atoms with E-state index < -0.39 is 0 Å². The normalized spacial score (nSPS) is 5.33. The molecule has 2 heteroatoms. The summed E-state index contributed by atoms with van der Waals surface area (Å²) in [6.07, 6.45) is 0. The van der Waals surface area contributed by atoms with Crippen LogP contribution >= 0.6 is 0 Å². The summed E-state index contributed by atoms with van der Waals surface area (Å²) in [6, 6.07) is 0. The molecule has 0 unspecified atom stereocenters. The Kier molecular flexibility index (Phi) is 14.5. The molecular formula is C4H8PtSi. The van der Waals surface area contributed by atoms with Crippen molar-refractivity contribution in [3.63, 3.8) is 0 Å². The molecule has 0 aromatic rings. The van der Waals surface area contributed by atoms with Crippen molar-refractivity contribution in [3.05, 3.63) is 24.6 Å². The second-order valence-corrected chi connectivity index (χ2v) is 2.44. The quantitative estimate of drug-likeness (QED) is 0.644. The van der Waals surface area contributed by atoms with Crippen molar-refractivity contribution < 1.29 is 21.1 Å². The molecule has 0 fully saturated rings. The van der Waals surface area contributed by atoms with Gasteiger partial charge in [0.05, 0.1) is 9.52 Å². The molecule has 0 radical (unpaired) electrons. The average Bonchev–Trinajstić information content (AvgIpc) is 1.41. The molecule has 0 aliphatic rings. The molecule has 0 aliphatic heterocycles. The summed E-state index contributed by atoms with van der Waals surface area (Å²) >= 11 is 0. The Bertz CT molecular complexity index is 36.8. The molecule has 0 saturated heterocycles. The third-order valence-corrected chi connectivity index (χ3v) is 1.00. The third-order valence-electron chi connectivity index (χ3n) is 0.333. The van der Waals surface area contributed by atoms with Crippen molar-refractivity contribution >= 4 is 9.52 Å². The number of rotatable bonds is 2. The van der Waals surface area contributed by atoms with E-state index in [1.807, 2.05) is 11.4 Å². The molecule has 0 aliphatic carbocycles. The maximum Gasteiger partial charge on any atom is 0.0676 e. The first-order valence-corrected chi connectivity index (χ1v) is 3.27. The van der Waals surface area contributed by atoms with Gasteiger partial charge in [0, 0.05) is 21.1 Å². The van der Waals surface area contributed by atoms with Crippen LogP contribution in [0.5, 0.6) is 0 Å². The first kappa shape index (κ1) is 9.63. The smallest absolute Gasteiger partial charge is 0.0676 e. The molecule has 0 amide bonds. The van der Waals surface area contributed by atoms with E-state index in [4.69, 9.17) is 0 Å². The minimum Gasteiger partial charge on any atom is -0.107 e. The first-order chi connectivity index (χ1) is 2.41. The fourth-order valence-electron chi connectivity index (χ4n) is 0.118. The van der Waals surface area contributed by atoms with Gasteiger partial charge in [-0.25, -0.2) is 0 Å². The molecule has 0 atom stereocenters. The van der Waals surface area contributed by atoms with Gasteiger partial charge in [-0.15, -0.1) is 24.6 Å². The maximum atomic E-state index is 3.54. The summed E-state index contributed by atoms with van der Waals surface area (Å²) in [5, 5.41) is 0. The van der Waals surface area contributed by atoms with Crippen molar-refractivity contribution in [2.24, 2.45) is 0 Å². The van der Waals surface area contributed by atoms with Crippen LogP contribution in [0.4, 0.5) is 0 Å². The topological polar surface area (TPSA) is 0 Å². The van der Waals surface area contributed by atoms with Gasteiger partial charge in [-0.1, -0.05) is 0 Å². The van der Waals surface area contributed by atoms with Gasteiger partial charge in [0.25, 0.3) is 0 Å². The zero-order chi connectivity index (χ0) is 4.12. The maximum absolute atomic E-state index is 3.54.